The standard InChI is InChI=1S/C15H14N4O5/c1-24-15(23)12(2-11-5-17-8-18-11)19-14(22)13-9(6-20)3-16-4-10(13)7-21/h3-8,12H,2H2,1H3,(H,17,18)(H,19,22)/t12-/m1/s1. The normalized spacial score (nSPS) is 11.4. The van der Waals surface area contributed by atoms with E-state index in [0.717, 1.165) is 12.4 Å². The zero-order valence-electron chi connectivity index (χ0n) is 12.7. The van der Waals surface area contributed by atoms with Gasteiger partial charge in [-0.2, -0.15) is 0 Å². The van der Waals surface area contributed by atoms with Crippen molar-refractivity contribution >= 4 is 24.4 Å². The average Bonchev–Trinajstić information content (AvgIpc) is 3.12. The summed E-state index contributed by atoms with van der Waals surface area (Å²) in [6.07, 6.45) is 6.20. The van der Waals surface area contributed by atoms with Gasteiger partial charge in [0.15, 0.2) is 12.6 Å². The summed E-state index contributed by atoms with van der Waals surface area (Å²) in [6, 6.07) is -1.02. The van der Waals surface area contributed by atoms with Gasteiger partial charge in [-0.1, -0.05) is 0 Å². The summed E-state index contributed by atoms with van der Waals surface area (Å²) in [5, 5.41) is 2.46. The molecule has 2 aromatic heterocycles. The van der Waals surface area contributed by atoms with E-state index in [9.17, 15) is 19.2 Å². The van der Waals surface area contributed by atoms with Crippen molar-refractivity contribution in [3.8, 4) is 0 Å². The fourth-order valence-corrected chi connectivity index (χ4v) is 2.12. The molecule has 1 atom stereocenters. The molecule has 0 aliphatic heterocycles. The van der Waals surface area contributed by atoms with Crippen LogP contribution in [0.4, 0.5) is 0 Å². The Morgan fingerprint density at radius 1 is 1.21 bits per heavy atom. The van der Waals surface area contributed by atoms with Crippen molar-refractivity contribution in [1.82, 2.24) is 20.3 Å². The van der Waals surface area contributed by atoms with Crippen LogP contribution in [0.2, 0.25) is 0 Å². The molecule has 9 heteroatoms. The zero-order chi connectivity index (χ0) is 17.5. The number of hydrogen-bond donors (Lipinski definition) is 2. The molecule has 0 unspecified atom stereocenters. The first-order valence-corrected chi connectivity index (χ1v) is 6.85. The lowest BCUT2D eigenvalue weighted by Crippen LogP contribution is -2.43. The Labute approximate surface area is 136 Å². The number of aldehydes is 2. The molecule has 0 fully saturated rings. The van der Waals surface area contributed by atoms with Crippen LogP contribution in [0.15, 0.2) is 24.9 Å². The van der Waals surface area contributed by atoms with Crippen LogP contribution in [0.5, 0.6) is 0 Å². The summed E-state index contributed by atoms with van der Waals surface area (Å²) in [4.78, 5) is 56.9. The molecule has 24 heavy (non-hydrogen) atoms. The van der Waals surface area contributed by atoms with Crippen molar-refractivity contribution in [1.29, 1.82) is 0 Å². The fraction of sp³-hybridized carbons (Fsp3) is 0.200. The molecule has 9 nitrogen and oxygen atoms in total. The van der Waals surface area contributed by atoms with E-state index in [4.69, 9.17) is 0 Å². The number of pyridine rings is 1. The van der Waals surface area contributed by atoms with E-state index in [0.29, 0.717) is 18.3 Å². The van der Waals surface area contributed by atoms with Gasteiger partial charge in [0.2, 0.25) is 0 Å². The second-order valence-corrected chi connectivity index (χ2v) is 4.76. The Hall–Kier alpha value is -3.36. The molecule has 0 spiro atoms. The molecule has 0 bridgehead atoms. The van der Waals surface area contributed by atoms with Gasteiger partial charge in [-0.3, -0.25) is 19.4 Å². The Bertz CT molecular complexity index is 731. The molecule has 2 aromatic rings. The number of H-pyrrole nitrogens is 1. The van der Waals surface area contributed by atoms with Gasteiger partial charge in [-0.15, -0.1) is 0 Å². The van der Waals surface area contributed by atoms with E-state index in [1.54, 1.807) is 0 Å². The number of carbonyl (C=O) groups excluding carboxylic acids is 4. The van der Waals surface area contributed by atoms with Gasteiger partial charge in [0.1, 0.15) is 6.04 Å². The lowest BCUT2D eigenvalue weighted by Gasteiger charge is -2.17. The number of imidazole rings is 1. The largest absolute Gasteiger partial charge is 0.467 e. The minimum atomic E-state index is -1.02. The summed E-state index contributed by atoms with van der Waals surface area (Å²) in [5.74, 6) is -1.43. The number of ether oxygens (including phenoxy) is 1. The fourth-order valence-electron chi connectivity index (χ4n) is 2.12. The molecular weight excluding hydrogens is 316 g/mol. The van der Waals surface area contributed by atoms with E-state index >= 15 is 0 Å². The van der Waals surface area contributed by atoms with E-state index in [1.807, 2.05) is 0 Å². The SMILES string of the molecule is COC(=O)[C@@H](Cc1cnc[nH]1)NC(=O)c1c(C=O)cncc1C=O. The second-order valence-electron chi connectivity index (χ2n) is 4.76. The summed E-state index contributed by atoms with van der Waals surface area (Å²) in [6.45, 7) is 0. The van der Waals surface area contributed by atoms with Crippen LogP contribution in [0, 0.1) is 0 Å². The molecule has 2 rings (SSSR count). The number of nitrogens with one attached hydrogen (secondary N) is 2. The van der Waals surface area contributed by atoms with E-state index < -0.39 is 17.9 Å². The van der Waals surface area contributed by atoms with Crippen molar-refractivity contribution in [3.05, 3.63) is 47.3 Å². The van der Waals surface area contributed by atoms with Gasteiger partial charge in [0, 0.05) is 41.8 Å². The quantitative estimate of drug-likeness (QED) is 0.537. The van der Waals surface area contributed by atoms with Gasteiger partial charge >= 0.3 is 5.97 Å². The molecule has 2 heterocycles. The molecule has 1 amide bonds. The topological polar surface area (TPSA) is 131 Å². The zero-order valence-corrected chi connectivity index (χ0v) is 12.7. The highest BCUT2D eigenvalue weighted by Gasteiger charge is 2.25. The predicted octanol–water partition coefficient (Wildman–Crippen LogP) is -0.0562. The van der Waals surface area contributed by atoms with Crippen molar-refractivity contribution < 1.29 is 23.9 Å². The lowest BCUT2D eigenvalue weighted by molar-refractivity contribution is -0.142. The minimum Gasteiger partial charge on any atom is -0.467 e. The Balaban J connectivity index is 2.29. The Morgan fingerprint density at radius 3 is 2.38 bits per heavy atom. The van der Waals surface area contributed by atoms with Crippen molar-refractivity contribution in [2.24, 2.45) is 0 Å². The van der Waals surface area contributed by atoms with Crippen molar-refractivity contribution in [2.75, 3.05) is 7.11 Å². The molecule has 2 N–H and O–H groups in total. The molecule has 0 aliphatic carbocycles. The van der Waals surface area contributed by atoms with Crippen LogP contribution in [-0.2, 0) is 16.0 Å². The highest BCUT2D eigenvalue weighted by Crippen LogP contribution is 2.11. The van der Waals surface area contributed by atoms with Crippen molar-refractivity contribution in [3.63, 3.8) is 0 Å². The third-order valence-corrected chi connectivity index (χ3v) is 3.26. The van der Waals surface area contributed by atoms with E-state index in [2.05, 4.69) is 25.0 Å². The van der Waals surface area contributed by atoms with Crippen molar-refractivity contribution in [2.45, 2.75) is 12.5 Å². The van der Waals surface area contributed by atoms with Crippen LogP contribution in [0.25, 0.3) is 0 Å². The highest BCUT2D eigenvalue weighted by atomic mass is 16.5. The molecular formula is C15H14N4O5. The van der Waals surface area contributed by atoms with Gasteiger partial charge in [-0.25, -0.2) is 9.78 Å². The van der Waals surface area contributed by atoms with Crippen LogP contribution in [0.3, 0.4) is 0 Å². The molecule has 0 aromatic carbocycles. The molecule has 124 valence electrons. The van der Waals surface area contributed by atoms with E-state index in [-0.39, 0.29) is 23.1 Å². The Kier molecular flexibility index (Phi) is 5.50. The van der Waals surface area contributed by atoms with Crippen LogP contribution in [0.1, 0.15) is 36.8 Å². The summed E-state index contributed by atoms with van der Waals surface area (Å²) < 4.78 is 4.67. The monoisotopic (exact) mass is 330 g/mol. The Morgan fingerprint density at radius 2 is 1.88 bits per heavy atom. The first-order valence-electron chi connectivity index (χ1n) is 6.85. The summed E-state index contributed by atoms with van der Waals surface area (Å²) >= 11 is 0. The number of methoxy groups -OCH3 is 1. The smallest absolute Gasteiger partial charge is 0.328 e. The van der Waals surface area contributed by atoms with Crippen LogP contribution >= 0.6 is 0 Å². The lowest BCUT2D eigenvalue weighted by atomic mass is 10.0. The maximum atomic E-state index is 12.5. The average molecular weight is 330 g/mol. The first kappa shape index (κ1) is 17.0. The van der Waals surface area contributed by atoms with Crippen LogP contribution < -0.4 is 5.32 Å². The molecule has 0 aliphatic rings. The number of rotatable bonds is 7. The molecule has 0 saturated heterocycles. The molecule has 0 radical (unpaired) electrons. The summed E-state index contributed by atoms with van der Waals surface area (Å²) in [5.41, 5.74) is 0.352. The minimum absolute atomic E-state index is 0.0535. The van der Waals surface area contributed by atoms with Crippen LogP contribution in [-0.4, -0.2) is 52.6 Å². The number of aromatic amines is 1. The third kappa shape index (κ3) is 3.69. The number of hydrogen-bond acceptors (Lipinski definition) is 7. The number of aromatic nitrogens is 3. The first-order chi connectivity index (χ1) is 11.6. The maximum Gasteiger partial charge on any atom is 0.328 e. The predicted molar refractivity (Wildman–Crippen MR) is 80.6 cm³/mol. The van der Waals surface area contributed by atoms with E-state index in [1.165, 1.54) is 19.6 Å². The van der Waals surface area contributed by atoms with Gasteiger partial charge < -0.3 is 15.0 Å². The number of nitrogens with zero attached hydrogens (tertiary/aromatic N) is 2. The summed E-state index contributed by atoms with van der Waals surface area (Å²) in [7, 11) is 1.19. The second kappa shape index (κ2) is 7.77. The van der Waals surface area contributed by atoms with Gasteiger partial charge in [-0.05, 0) is 0 Å². The maximum absolute atomic E-state index is 12.5. The number of esters is 1. The number of carbonyl (C=O) groups is 4. The third-order valence-electron chi connectivity index (χ3n) is 3.26. The highest BCUT2D eigenvalue weighted by molar-refractivity contribution is 6.07. The van der Waals surface area contributed by atoms with Gasteiger partial charge in [0.05, 0.1) is 19.0 Å². The number of amides is 1. The molecule has 0 saturated carbocycles. The van der Waals surface area contributed by atoms with Gasteiger partial charge in [0.25, 0.3) is 5.91 Å².